The van der Waals surface area contributed by atoms with E-state index in [1.54, 1.807) is 12.1 Å². The predicted molar refractivity (Wildman–Crippen MR) is 110 cm³/mol. The zero-order chi connectivity index (χ0) is 21.2. The van der Waals surface area contributed by atoms with Gasteiger partial charge >= 0.3 is 0 Å². The number of nitrogens with zero attached hydrogens (tertiary/aromatic N) is 1. The third-order valence-corrected chi connectivity index (χ3v) is 7.53. The van der Waals surface area contributed by atoms with Gasteiger partial charge in [0.2, 0.25) is 9.84 Å². The maximum atomic E-state index is 12.8. The van der Waals surface area contributed by atoms with E-state index in [0.717, 1.165) is 12.1 Å². The van der Waals surface area contributed by atoms with Crippen LogP contribution in [0.15, 0.2) is 92.0 Å². The van der Waals surface area contributed by atoms with Gasteiger partial charge in [-0.15, -0.1) is 0 Å². The van der Waals surface area contributed by atoms with Crippen LogP contribution in [0.25, 0.3) is 0 Å². The number of benzene rings is 3. The molecule has 0 aliphatic heterocycles. The molecule has 3 rings (SSSR count). The summed E-state index contributed by atoms with van der Waals surface area (Å²) in [6, 6.07) is 15.8. The highest BCUT2D eigenvalue weighted by Crippen LogP contribution is 2.26. The molecule has 1 N–H and O–H groups in total. The topological polar surface area (TPSA) is 123 Å². The molecule has 0 bridgehead atoms. The average Bonchev–Trinajstić information content (AvgIpc) is 2.68. The summed E-state index contributed by atoms with van der Waals surface area (Å²) in [6.45, 7) is 0. The zero-order valence-electron chi connectivity index (χ0n) is 14.5. The Balaban J connectivity index is 1.97. The predicted octanol–water partition coefficient (Wildman–Crippen LogP) is 3.99. The first-order valence-corrected chi connectivity index (χ1v) is 11.7. The SMILES string of the molecule is O=[N+]([O-])c1cccc(NS(=O)(=O)c2cccc(S(=O)(=O)c3ccc(Br)cc3)c2)c1. The van der Waals surface area contributed by atoms with E-state index < -0.39 is 24.8 Å². The van der Waals surface area contributed by atoms with Crippen molar-refractivity contribution in [1.82, 2.24) is 0 Å². The van der Waals surface area contributed by atoms with Crippen molar-refractivity contribution < 1.29 is 21.8 Å². The monoisotopic (exact) mass is 496 g/mol. The molecule has 3 aromatic rings. The average molecular weight is 497 g/mol. The summed E-state index contributed by atoms with van der Waals surface area (Å²) in [5.74, 6) is 0. The Labute approximate surface area is 175 Å². The van der Waals surface area contributed by atoms with Gasteiger partial charge in [-0.2, -0.15) is 0 Å². The molecule has 11 heteroatoms. The molecule has 0 aliphatic rings. The van der Waals surface area contributed by atoms with Gasteiger partial charge in [-0.1, -0.05) is 28.1 Å². The highest BCUT2D eigenvalue weighted by atomic mass is 79.9. The van der Waals surface area contributed by atoms with E-state index in [1.807, 2.05) is 0 Å². The number of halogens is 1. The molecule has 0 atom stereocenters. The second-order valence-electron chi connectivity index (χ2n) is 5.85. The fourth-order valence-electron chi connectivity index (χ4n) is 2.46. The lowest BCUT2D eigenvalue weighted by Gasteiger charge is -2.10. The van der Waals surface area contributed by atoms with Gasteiger partial charge in [0, 0.05) is 16.6 Å². The third-order valence-electron chi connectivity index (χ3n) is 3.86. The van der Waals surface area contributed by atoms with Gasteiger partial charge in [0.25, 0.3) is 15.7 Å². The largest absolute Gasteiger partial charge is 0.279 e. The highest BCUT2D eigenvalue weighted by Gasteiger charge is 2.22. The fourth-order valence-corrected chi connectivity index (χ4v) is 5.20. The smallest absolute Gasteiger partial charge is 0.271 e. The standard InChI is InChI=1S/C18H13BrN2O6S2/c19-13-7-9-16(10-8-13)28(24,25)17-5-2-6-18(12-17)29(26,27)20-14-3-1-4-15(11-14)21(22)23/h1-12,20H. The molecule has 8 nitrogen and oxygen atoms in total. The summed E-state index contributed by atoms with van der Waals surface area (Å²) in [7, 11) is -8.10. The van der Waals surface area contributed by atoms with Gasteiger partial charge in [-0.25, -0.2) is 16.8 Å². The maximum Gasteiger partial charge on any atom is 0.271 e. The molecule has 0 unspecified atom stereocenters. The Morgan fingerprint density at radius 1 is 0.793 bits per heavy atom. The molecule has 150 valence electrons. The van der Waals surface area contributed by atoms with Crippen LogP contribution in [0.4, 0.5) is 11.4 Å². The van der Waals surface area contributed by atoms with E-state index in [9.17, 15) is 26.9 Å². The number of sulfonamides is 1. The van der Waals surface area contributed by atoms with E-state index in [-0.39, 0.29) is 26.1 Å². The minimum absolute atomic E-state index is 0.0135. The minimum atomic E-state index is -4.17. The summed E-state index contributed by atoms with van der Waals surface area (Å²) in [5.41, 5.74) is -0.294. The number of rotatable bonds is 6. The maximum absolute atomic E-state index is 12.8. The van der Waals surface area contributed by atoms with Gasteiger partial charge in [0.1, 0.15) is 0 Å². The zero-order valence-corrected chi connectivity index (χ0v) is 17.7. The van der Waals surface area contributed by atoms with Crippen LogP contribution in [0.5, 0.6) is 0 Å². The van der Waals surface area contributed by atoms with Crippen molar-refractivity contribution in [3.63, 3.8) is 0 Å². The number of non-ortho nitro benzene ring substituents is 1. The Hall–Kier alpha value is -2.76. The molecule has 0 amide bonds. The number of nitrogens with one attached hydrogen (secondary N) is 1. The quantitative estimate of drug-likeness (QED) is 0.406. The lowest BCUT2D eigenvalue weighted by Crippen LogP contribution is -2.14. The van der Waals surface area contributed by atoms with E-state index in [4.69, 9.17) is 0 Å². The van der Waals surface area contributed by atoms with E-state index in [0.29, 0.717) is 4.47 Å². The molecule has 3 aromatic carbocycles. The molecule has 0 aromatic heterocycles. The number of hydrogen-bond acceptors (Lipinski definition) is 6. The summed E-state index contributed by atoms with van der Waals surface area (Å²) in [4.78, 5) is 9.74. The normalized spacial score (nSPS) is 11.8. The van der Waals surface area contributed by atoms with Gasteiger partial charge in [-0.3, -0.25) is 14.8 Å². The van der Waals surface area contributed by atoms with Gasteiger partial charge < -0.3 is 0 Å². The molecule has 29 heavy (non-hydrogen) atoms. The first-order chi connectivity index (χ1) is 13.6. The molecule has 0 aliphatic carbocycles. The van der Waals surface area contributed by atoms with Crippen LogP contribution in [0.1, 0.15) is 0 Å². The second kappa shape index (κ2) is 7.93. The lowest BCUT2D eigenvalue weighted by molar-refractivity contribution is -0.384. The molecule has 0 spiro atoms. The molecule has 0 saturated carbocycles. The van der Waals surface area contributed by atoms with Crippen molar-refractivity contribution in [3.8, 4) is 0 Å². The minimum Gasteiger partial charge on any atom is -0.279 e. The van der Waals surface area contributed by atoms with Crippen LogP contribution in [-0.2, 0) is 19.9 Å². The van der Waals surface area contributed by atoms with Crippen molar-refractivity contribution in [2.75, 3.05) is 4.72 Å². The summed E-state index contributed by atoms with van der Waals surface area (Å²) < 4.78 is 53.8. The van der Waals surface area contributed by atoms with Crippen LogP contribution in [0, 0.1) is 10.1 Å². The van der Waals surface area contributed by atoms with Gasteiger partial charge in [0.05, 0.1) is 25.3 Å². The second-order valence-corrected chi connectivity index (χ2v) is 10.4. The van der Waals surface area contributed by atoms with Crippen molar-refractivity contribution in [2.45, 2.75) is 14.7 Å². The van der Waals surface area contributed by atoms with Crippen molar-refractivity contribution in [3.05, 3.63) is 87.4 Å². The van der Waals surface area contributed by atoms with Crippen LogP contribution in [-0.4, -0.2) is 21.8 Å². The van der Waals surface area contributed by atoms with Crippen LogP contribution >= 0.6 is 15.9 Å². The number of nitro benzene ring substituents is 1. The van der Waals surface area contributed by atoms with Crippen molar-refractivity contribution in [2.24, 2.45) is 0 Å². The summed E-state index contributed by atoms with van der Waals surface area (Å²) in [6.07, 6.45) is 0. The Kier molecular flexibility index (Phi) is 5.73. The van der Waals surface area contributed by atoms with E-state index in [2.05, 4.69) is 20.7 Å². The number of hydrogen-bond donors (Lipinski definition) is 1. The fraction of sp³-hybridized carbons (Fsp3) is 0. The number of anilines is 1. The molecular weight excluding hydrogens is 484 g/mol. The van der Waals surface area contributed by atoms with E-state index in [1.165, 1.54) is 48.5 Å². The van der Waals surface area contributed by atoms with E-state index >= 15 is 0 Å². The summed E-state index contributed by atoms with van der Waals surface area (Å²) >= 11 is 3.23. The molecule has 0 saturated heterocycles. The number of sulfone groups is 1. The first-order valence-electron chi connectivity index (χ1n) is 7.98. The van der Waals surface area contributed by atoms with Gasteiger partial charge in [0.15, 0.2) is 0 Å². The molecular formula is C18H13BrN2O6S2. The molecule has 0 radical (unpaired) electrons. The summed E-state index contributed by atoms with van der Waals surface area (Å²) in [5, 5.41) is 10.9. The molecule has 0 heterocycles. The Morgan fingerprint density at radius 2 is 1.41 bits per heavy atom. The molecule has 0 fully saturated rings. The third kappa shape index (κ3) is 4.63. The first kappa shape index (κ1) is 21.0. The van der Waals surface area contributed by atoms with Crippen LogP contribution in [0.3, 0.4) is 0 Å². The number of nitro groups is 1. The Bertz CT molecular complexity index is 1290. The van der Waals surface area contributed by atoms with Crippen molar-refractivity contribution >= 4 is 47.2 Å². The lowest BCUT2D eigenvalue weighted by atomic mass is 10.3. The van der Waals surface area contributed by atoms with Crippen molar-refractivity contribution in [1.29, 1.82) is 0 Å². The highest BCUT2D eigenvalue weighted by molar-refractivity contribution is 9.10. The van der Waals surface area contributed by atoms with Gasteiger partial charge in [-0.05, 0) is 48.5 Å². The Morgan fingerprint density at radius 3 is 2.07 bits per heavy atom. The van der Waals surface area contributed by atoms with Crippen LogP contribution in [0.2, 0.25) is 0 Å². The van der Waals surface area contributed by atoms with Crippen LogP contribution < -0.4 is 4.72 Å².